The maximum absolute atomic E-state index is 5.19. The van der Waals surface area contributed by atoms with Crippen LogP contribution in [0.25, 0.3) is 79.0 Å². The van der Waals surface area contributed by atoms with Gasteiger partial charge in [-0.1, -0.05) is 133 Å². The van der Waals surface area contributed by atoms with E-state index in [2.05, 4.69) is 191 Å². The molecule has 0 fully saturated rings. The minimum Gasteiger partial charge on any atom is -0.350 e. The van der Waals surface area contributed by atoms with Crippen LogP contribution < -0.4 is 10.6 Å². The first-order chi connectivity index (χ1) is 28.2. The number of hydrogen-bond donors (Lipinski definition) is 2. The Kier molecular flexibility index (Phi) is 7.45. The zero-order chi connectivity index (χ0) is 37.5. The predicted octanol–water partition coefficient (Wildman–Crippen LogP) is 13.5. The molecule has 11 aromatic rings. The van der Waals surface area contributed by atoms with E-state index in [9.17, 15) is 0 Å². The number of rotatable bonds is 5. The molecule has 3 aromatic heterocycles. The molecule has 0 aliphatic carbocycles. The van der Waals surface area contributed by atoms with E-state index in [1.807, 2.05) is 28.7 Å². The number of thiophene rings is 2. The van der Waals surface area contributed by atoms with Gasteiger partial charge in [0.05, 0.1) is 11.0 Å². The molecule has 1 aliphatic rings. The summed E-state index contributed by atoms with van der Waals surface area (Å²) in [5.41, 5.74) is 9.56. The van der Waals surface area contributed by atoms with E-state index >= 15 is 0 Å². The Morgan fingerprint density at radius 3 is 1.81 bits per heavy atom. The summed E-state index contributed by atoms with van der Waals surface area (Å²) in [5, 5.41) is 15.2. The van der Waals surface area contributed by atoms with Gasteiger partial charge in [-0.25, -0.2) is 4.99 Å². The summed E-state index contributed by atoms with van der Waals surface area (Å²) in [4.78, 5) is 5.19. The Morgan fingerprint density at radius 1 is 0.421 bits per heavy atom. The van der Waals surface area contributed by atoms with E-state index in [0.29, 0.717) is 0 Å². The van der Waals surface area contributed by atoms with E-state index in [-0.39, 0.29) is 12.3 Å². The van der Waals surface area contributed by atoms with E-state index < -0.39 is 0 Å². The van der Waals surface area contributed by atoms with Gasteiger partial charge in [-0.3, -0.25) is 5.32 Å². The van der Waals surface area contributed by atoms with Gasteiger partial charge >= 0.3 is 0 Å². The Labute approximate surface area is 337 Å². The standard InChI is InChI=1S/C51H34N4S2/c1-3-11-31(12-4-1)49-52-50(32-13-5-2-6-14-32)54-51(53-49)35-20-24-40-39-23-19-34(28-46(39)57-47(40)29-35)33-21-26-45-42(27-33)41-25-22-36(30-48(41)56-45)55-43-17-9-7-15-37(43)38-16-8-10-18-44(38)55/h1-30,49,51,53H,(H,52,54). The number of amidine groups is 1. The van der Waals surface area contributed by atoms with Crippen molar-refractivity contribution in [1.29, 1.82) is 0 Å². The molecule has 12 rings (SSSR count). The Balaban J connectivity index is 0.898. The number of nitrogens with zero attached hydrogens (tertiary/aromatic N) is 2. The third kappa shape index (κ3) is 5.41. The summed E-state index contributed by atoms with van der Waals surface area (Å²) >= 11 is 3.73. The van der Waals surface area contributed by atoms with E-state index in [4.69, 9.17) is 4.99 Å². The normalized spacial score (nSPS) is 15.9. The molecule has 0 bridgehead atoms. The van der Waals surface area contributed by atoms with Crippen LogP contribution in [0.15, 0.2) is 187 Å². The van der Waals surface area contributed by atoms with E-state index in [1.165, 1.54) is 84.5 Å². The topological polar surface area (TPSA) is 41.4 Å². The third-order valence-electron chi connectivity index (χ3n) is 11.5. The second-order valence-electron chi connectivity index (χ2n) is 14.8. The van der Waals surface area contributed by atoms with Crippen molar-refractivity contribution >= 4 is 90.7 Å². The van der Waals surface area contributed by atoms with Crippen molar-refractivity contribution in [2.24, 2.45) is 4.99 Å². The maximum atomic E-state index is 5.19. The highest BCUT2D eigenvalue weighted by Gasteiger charge is 2.26. The molecular weight excluding hydrogens is 733 g/mol. The average molecular weight is 767 g/mol. The molecule has 4 nitrogen and oxygen atoms in total. The summed E-state index contributed by atoms with van der Waals surface area (Å²) in [6.07, 6.45) is -0.258. The minimum absolute atomic E-state index is 0.0654. The fraction of sp³-hybridized carbons (Fsp3) is 0.0392. The molecule has 2 atom stereocenters. The Bertz CT molecular complexity index is 3320. The number of benzene rings is 8. The number of fused-ring (bicyclic) bond motifs is 9. The first kappa shape index (κ1) is 32.7. The molecule has 0 saturated carbocycles. The number of aromatic nitrogens is 1. The lowest BCUT2D eigenvalue weighted by atomic mass is 10.0. The van der Waals surface area contributed by atoms with E-state index in [0.717, 1.165) is 17.0 Å². The highest BCUT2D eigenvalue weighted by atomic mass is 32.1. The van der Waals surface area contributed by atoms with Gasteiger partial charge in [0.1, 0.15) is 18.2 Å². The van der Waals surface area contributed by atoms with Crippen molar-refractivity contribution < 1.29 is 0 Å². The third-order valence-corrected chi connectivity index (χ3v) is 13.7. The second-order valence-corrected chi connectivity index (χ2v) is 17.0. The monoisotopic (exact) mass is 766 g/mol. The molecule has 6 heteroatoms. The lowest BCUT2D eigenvalue weighted by Gasteiger charge is -2.32. The quantitative estimate of drug-likeness (QED) is 0.183. The maximum Gasteiger partial charge on any atom is 0.131 e. The van der Waals surface area contributed by atoms with Crippen LogP contribution >= 0.6 is 22.7 Å². The fourth-order valence-corrected chi connectivity index (χ4v) is 11.0. The van der Waals surface area contributed by atoms with Crippen molar-refractivity contribution in [2.45, 2.75) is 12.3 Å². The van der Waals surface area contributed by atoms with Crippen molar-refractivity contribution in [3.63, 3.8) is 0 Å². The van der Waals surface area contributed by atoms with Crippen molar-refractivity contribution in [3.05, 3.63) is 199 Å². The molecule has 0 radical (unpaired) electrons. The highest BCUT2D eigenvalue weighted by Crippen LogP contribution is 2.42. The first-order valence-corrected chi connectivity index (χ1v) is 21.0. The molecule has 0 amide bonds. The molecular formula is C51H34N4S2. The summed E-state index contributed by atoms with van der Waals surface area (Å²) in [5.74, 6) is 0.897. The van der Waals surface area contributed by atoms with Crippen molar-refractivity contribution in [2.75, 3.05) is 0 Å². The highest BCUT2D eigenvalue weighted by molar-refractivity contribution is 7.26. The van der Waals surface area contributed by atoms with Crippen LogP contribution in [0.5, 0.6) is 0 Å². The van der Waals surface area contributed by atoms with Gasteiger partial charge in [0.25, 0.3) is 0 Å². The van der Waals surface area contributed by atoms with Crippen LogP contribution in [0.3, 0.4) is 0 Å². The van der Waals surface area contributed by atoms with Crippen LogP contribution in [0.1, 0.15) is 29.0 Å². The van der Waals surface area contributed by atoms with Gasteiger partial charge in [0.15, 0.2) is 0 Å². The lowest BCUT2D eigenvalue weighted by Crippen LogP contribution is -2.44. The van der Waals surface area contributed by atoms with Crippen LogP contribution in [-0.4, -0.2) is 10.4 Å². The first-order valence-electron chi connectivity index (χ1n) is 19.3. The molecule has 2 unspecified atom stereocenters. The number of aliphatic imine (C=N–C) groups is 1. The second kappa shape index (κ2) is 13.0. The van der Waals surface area contributed by atoms with Crippen LogP contribution in [0.2, 0.25) is 0 Å². The zero-order valence-electron chi connectivity index (χ0n) is 30.7. The SMILES string of the molecule is c1ccc(C2=NC(c3ccc4c(c3)sc3cc(-c5ccc6sc7cc(-n8c9ccccc9c9ccccc98)ccc7c6c5)ccc34)NC(c3ccccc3)N2)cc1. The summed E-state index contributed by atoms with van der Waals surface area (Å²) < 4.78 is 7.58. The van der Waals surface area contributed by atoms with Gasteiger partial charge in [0.2, 0.25) is 0 Å². The lowest BCUT2D eigenvalue weighted by molar-refractivity contribution is 0.409. The molecule has 0 spiro atoms. The van der Waals surface area contributed by atoms with Gasteiger partial charge in [-0.05, 0) is 70.8 Å². The van der Waals surface area contributed by atoms with Crippen LogP contribution in [0, 0.1) is 0 Å². The number of hydrogen-bond acceptors (Lipinski definition) is 5. The molecule has 57 heavy (non-hydrogen) atoms. The summed E-state index contributed by atoms with van der Waals surface area (Å²) in [6, 6.07) is 66.1. The molecule has 2 N–H and O–H groups in total. The number of para-hydroxylation sites is 2. The van der Waals surface area contributed by atoms with Gasteiger partial charge < -0.3 is 9.88 Å². The molecule has 270 valence electrons. The summed E-state index contributed by atoms with van der Waals surface area (Å²) in [7, 11) is 0. The minimum atomic E-state index is -0.193. The molecule has 8 aromatic carbocycles. The molecule has 4 heterocycles. The van der Waals surface area contributed by atoms with Gasteiger partial charge in [0, 0.05) is 62.4 Å². The van der Waals surface area contributed by atoms with Gasteiger partial charge in [-0.15, -0.1) is 22.7 Å². The number of nitrogens with one attached hydrogen (secondary N) is 2. The largest absolute Gasteiger partial charge is 0.350 e. The predicted molar refractivity (Wildman–Crippen MR) is 243 cm³/mol. The smallest absolute Gasteiger partial charge is 0.131 e. The van der Waals surface area contributed by atoms with Crippen LogP contribution in [-0.2, 0) is 0 Å². The van der Waals surface area contributed by atoms with Crippen molar-refractivity contribution in [3.8, 4) is 16.8 Å². The van der Waals surface area contributed by atoms with Crippen molar-refractivity contribution in [1.82, 2.24) is 15.2 Å². The fourth-order valence-electron chi connectivity index (χ4n) is 8.72. The molecule has 0 saturated heterocycles. The zero-order valence-corrected chi connectivity index (χ0v) is 32.3. The summed E-state index contributed by atoms with van der Waals surface area (Å²) in [6.45, 7) is 0. The van der Waals surface area contributed by atoms with Gasteiger partial charge in [-0.2, -0.15) is 0 Å². The molecule has 1 aliphatic heterocycles. The van der Waals surface area contributed by atoms with E-state index in [1.54, 1.807) is 0 Å². The van der Waals surface area contributed by atoms with Crippen LogP contribution in [0.4, 0.5) is 0 Å². The Hall–Kier alpha value is -6.57. The average Bonchev–Trinajstić information content (AvgIpc) is 3.95. The Morgan fingerprint density at radius 2 is 1.02 bits per heavy atom.